The van der Waals surface area contributed by atoms with E-state index in [4.69, 9.17) is 41.9 Å². The molecule has 1 N–H and O–H groups in total. The minimum atomic E-state index is -4.73. The molecule has 0 amide bonds. The fourth-order valence-electron chi connectivity index (χ4n) is 3.92. The predicted octanol–water partition coefficient (Wildman–Crippen LogP) is 1.34. The average molecular weight is 627 g/mol. The summed E-state index contributed by atoms with van der Waals surface area (Å²) in [5, 5.41) is 9.17. The van der Waals surface area contributed by atoms with Gasteiger partial charge < -0.3 is 41.9 Å². The molecule has 0 spiro atoms. The Morgan fingerprint density at radius 3 is 1.86 bits per heavy atom. The Morgan fingerprint density at radius 2 is 1.30 bits per heavy atom. The third-order valence-electron chi connectivity index (χ3n) is 5.54. The van der Waals surface area contributed by atoms with Crippen LogP contribution in [0.1, 0.15) is 33.3 Å². The van der Waals surface area contributed by atoms with Crippen LogP contribution in [0.4, 0.5) is 0 Å². The van der Waals surface area contributed by atoms with Gasteiger partial charge in [-0.1, -0.05) is 24.3 Å². The summed E-state index contributed by atoms with van der Waals surface area (Å²) in [6, 6.07) is 11.0. The highest BCUT2D eigenvalue weighted by atomic mass is 32.3. The monoisotopic (exact) mass is 626 g/mol. The Balaban J connectivity index is 1.95. The molecule has 0 aromatic heterocycles. The van der Waals surface area contributed by atoms with Crippen LogP contribution in [-0.2, 0) is 59.9 Å². The van der Waals surface area contributed by atoms with E-state index in [-0.39, 0.29) is 23.9 Å². The first-order valence-electron chi connectivity index (χ1n) is 12.7. The molecule has 0 saturated carbocycles. The van der Waals surface area contributed by atoms with Gasteiger partial charge in [-0.05, 0) is 29.8 Å². The molecular weight excluding hydrogens is 596 g/mol. The van der Waals surface area contributed by atoms with Crippen LogP contribution in [-0.4, -0.2) is 74.7 Å². The lowest BCUT2D eigenvalue weighted by Crippen LogP contribution is -2.63. The van der Waals surface area contributed by atoms with Crippen molar-refractivity contribution < 1.29 is 69.5 Å². The first-order chi connectivity index (χ1) is 20.3. The van der Waals surface area contributed by atoms with E-state index >= 15 is 0 Å². The van der Waals surface area contributed by atoms with E-state index in [1.54, 1.807) is 0 Å². The highest BCUT2D eigenvalue weighted by Crippen LogP contribution is 2.35. The standard InChI is InChI=1S/C27H30O15S/c1-15(29)35-14-23-24(36-16(2)30)25(37-17(3)31)26(38-18(4)32)27(40-23)39-21-7-5-6-8-22(21)42-43(33,34)41-20-11-9-19(13-28)10-12-20/h5-12,23-28H,13-14H2,1-4H3/t23-,24+,25+,26-,27?/m1/s1. The van der Waals surface area contributed by atoms with Gasteiger partial charge in [-0.25, -0.2) is 0 Å². The zero-order valence-corrected chi connectivity index (χ0v) is 24.3. The van der Waals surface area contributed by atoms with Crippen LogP contribution in [0.2, 0.25) is 0 Å². The number of rotatable bonds is 12. The van der Waals surface area contributed by atoms with Crippen molar-refractivity contribution in [2.75, 3.05) is 6.61 Å². The molecule has 1 unspecified atom stereocenters. The number of ether oxygens (including phenoxy) is 6. The van der Waals surface area contributed by atoms with Crippen LogP contribution in [0.15, 0.2) is 48.5 Å². The molecule has 0 radical (unpaired) electrons. The van der Waals surface area contributed by atoms with Crippen molar-refractivity contribution in [1.82, 2.24) is 0 Å². The zero-order valence-electron chi connectivity index (χ0n) is 23.5. The van der Waals surface area contributed by atoms with Crippen molar-refractivity contribution in [3.05, 3.63) is 54.1 Å². The summed E-state index contributed by atoms with van der Waals surface area (Å²) in [4.78, 5) is 47.5. The van der Waals surface area contributed by atoms with E-state index in [2.05, 4.69) is 0 Å². The molecule has 1 aliphatic rings. The topological polar surface area (TPSA) is 196 Å². The quantitative estimate of drug-likeness (QED) is 0.261. The summed E-state index contributed by atoms with van der Waals surface area (Å²) < 4.78 is 68.3. The Hall–Kier alpha value is -4.41. The van der Waals surface area contributed by atoms with Crippen LogP contribution < -0.4 is 13.1 Å². The smallest absolute Gasteiger partial charge is 0.463 e. The van der Waals surface area contributed by atoms with Gasteiger partial charge in [0.25, 0.3) is 0 Å². The fourth-order valence-corrected chi connectivity index (χ4v) is 4.66. The molecular formula is C27H30O15S. The fraction of sp³-hybridized carbons (Fsp3) is 0.407. The first kappa shape index (κ1) is 33.1. The highest BCUT2D eigenvalue weighted by Gasteiger charge is 2.53. The number of hydrogen-bond donors (Lipinski definition) is 1. The predicted molar refractivity (Wildman–Crippen MR) is 142 cm³/mol. The molecule has 0 aliphatic carbocycles. The number of carbonyl (C=O) groups excluding carboxylic acids is 4. The summed E-state index contributed by atoms with van der Waals surface area (Å²) in [5.74, 6) is -3.93. The highest BCUT2D eigenvalue weighted by molar-refractivity contribution is 7.82. The van der Waals surface area contributed by atoms with E-state index < -0.39 is 71.6 Å². The number of carbonyl (C=O) groups is 4. The van der Waals surface area contributed by atoms with Crippen LogP contribution in [0.3, 0.4) is 0 Å². The molecule has 5 atom stereocenters. The zero-order chi connectivity index (χ0) is 31.7. The van der Waals surface area contributed by atoms with E-state index in [0.717, 1.165) is 27.7 Å². The molecule has 1 aliphatic heterocycles. The maximum Gasteiger partial charge on any atom is 0.501 e. The lowest BCUT2D eigenvalue weighted by atomic mass is 9.98. The SMILES string of the molecule is CC(=O)OC[C@H]1OC(Oc2ccccc2OS(=O)(=O)Oc2ccc(CO)cc2)[C@H](OC(C)=O)[C@@H](OC(C)=O)[C@H]1OC(C)=O. The normalized spacial score (nSPS) is 21.6. The molecule has 43 heavy (non-hydrogen) atoms. The molecule has 1 heterocycles. The van der Waals surface area contributed by atoms with Crippen molar-refractivity contribution in [3.63, 3.8) is 0 Å². The van der Waals surface area contributed by atoms with Gasteiger partial charge in [-0.15, -0.1) is 8.42 Å². The van der Waals surface area contributed by atoms with Gasteiger partial charge in [-0.3, -0.25) is 19.2 Å². The van der Waals surface area contributed by atoms with Gasteiger partial charge in [0.05, 0.1) is 6.61 Å². The summed E-state index contributed by atoms with van der Waals surface area (Å²) in [7, 11) is -4.73. The minimum Gasteiger partial charge on any atom is -0.463 e. The van der Waals surface area contributed by atoms with E-state index in [9.17, 15) is 27.6 Å². The van der Waals surface area contributed by atoms with Gasteiger partial charge in [0, 0.05) is 27.7 Å². The molecule has 2 aromatic carbocycles. The van der Waals surface area contributed by atoms with E-state index in [0.29, 0.717) is 5.56 Å². The maximum atomic E-state index is 12.7. The Morgan fingerprint density at radius 1 is 0.744 bits per heavy atom. The second-order valence-electron chi connectivity index (χ2n) is 9.01. The summed E-state index contributed by atoms with van der Waals surface area (Å²) >= 11 is 0. The molecule has 3 rings (SSSR count). The molecule has 1 saturated heterocycles. The van der Waals surface area contributed by atoms with Gasteiger partial charge >= 0.3 is 34.3 Å². The Kier molecular flexibility index (Phi) is 11.3. The summed E-state index contributed by atoms with van der Waals surface area (Å²) in [5.41, 5.74) is 0.522. The third-order valence-corrected chi connectivity index (χ3v) is 6.32. The number of aliphatic hydroxyl groups is 1. The first-order valence-corrected chi connectivity index (χ1v) is 14.0. The van der Waals surface area contributed by atoms with Crippen LogP contribution >= 0.6 is 0 Å². The Labute approximate surface area is 246 Å². The van der Waals surface area contributed by atoms with Gasteiger partial charge in [0.2, 0.25) is 12.4 Å². The largest absolute Gasteiger partial charge is 0.501 e. The van der Waals surface area contributed by atoms with Crippen LogP contribution in [0.5, 0.6) is 17.2 Å². The molecule has 15 nitrogen and oxygen atoms in total. The molecule has 0 bridgehead atoms. The maximum absolute atomic E-state index is 12.7. The minimum absolute atomic E-state index is 0.102. The summed E-state index contributed by atoms with van der Waals surface area (Å²) in [6.07, 6.45) is -7.42. The van der Waals surface area contributed by atoms with Crippen molar-refractivity contribution in [2.45, 2.75) is 65.0 Å². The average Bonchev–Trinajstić information content (AvgIpc) is 2.91. The lowest BCUT2D eigenvalue weighted by molar-refractivity contribution is -0.288. The van der Waals surface area contributed by atoms with E-state index in [1.807, 2.05) is 0 Å². The van der Waals surface area contributed by atoms with Crippen LogP contribution in [0, 0.1) is 0 Å². The number of benzene rings is 2. The number of esters is 4. The molecule has 234 valence electrons. The lowest BCUT2D eigenvalue weighted by Gasteiger charge is -2.43. The number of hydrogen-bond acceptors (Lipinski definition) is 15. The third kappa shape index (κ3) is 9.83. The second kappa shape index (κ2) is 14.7. The van der Waals surface area contributed by atoms with Crippen molar-refractivity contribution >= 4 is 34.3 Å². The van der Waals surface area contributed by atoms with Gasteiger partial charge in [0.1, 0.15) is 18.5 Å². The molecule has 2 aromatic rings. The Bertz CT molecular complexity index is 1410. The van der Waals surface area contributed by atoms with Crippen molar-refractivity contribution in [3.8, 4) is 17.2 Å². The second-order valence-corrected chi connectivity index (χ2v) is 10.2. The van der Waals surface area contributed by atoms with Crippen LogP contribution in [0.25, 0.3) is 0 Å². The van der Waals surface area contributed by atoms with Gasteiger partial charge in [-0.2, -0.15) is 0 Å². The molecule has 16 heteroatoms. The van der Waals surface area contributed by atoms with E-state index in [1.165, 1.54) is 48.5 Å². The number of aliphatic hydroxyl groups excluding tert-OH is 1. The summed E-state index contributed by atoms with van der Waals surface area (Å²) in [6.45, 7) is 3.57. The van der Waals surface area contributed by atoms with Gasteiger partial charge in [0.15, 0.2) is 23.7 Å². The van der Waals surface area contributed by atoms with Crippen molar-refractivity contribution in [1.29, 1.82) is 0 Å². The van der Waals surface area contributed by atoms with Crippen molar-refractivity contribution in [2.24, 2.45) is 0 Å². The molecule has 1 fully saturated rings. The number of para-hydroxylation sites is 2.